The number of hydrogen-bond acceptors (Lipinski definition) is 3. The van der Waals surface area contributed by atoms with Crippen LogP contribution in [0.25, 0.3) is 0 Å². The van der Waals surface area contributed by atoms with E-state index in [9.17, 15) is 9.90 Å². The summed E-state index contributed by atoms with van der Waals surface area (Å²) >= 11 is 0. The molecule has 4 heteroatoms. The Hall–Kier alpha value is -1.55. The summed E-state index contributed by atoms with van der Waals surface area (Å²) in [5.74, 6) is 1.10. The van der Waals surface area contributed by atoms with Gasteiger partial charge >= 0.3 is 0 Å². The topological polar surface area (TPSA) is 43.8 Å². The molecule has 120 valence electrons. The molecule has 0 unspecified atom stereocenters. The number of hydrogen-bond donors (Lipinski definition) is 1. The number of likely N-dealkylation sites (tertiary alicyclic amines) is 2. The van der Waals surface area contributed by atoms with Crippen LogP contribution in [-0.4, -0.2) is 53.5 Å². The van der Waals surface area contributed by atoms with Gasteiger partial charge < -0.3 is 14.9 Å². The molecule has 2 aliphatic heterocycles. The molecule has 1 N–H and O–H groups in total. The Kier molecular flexibility index (Phi) is 4.98. The molecule has 22 heavy (non-hydrogen) atoms. The van der Waals surface area contributed by atoms with Gasteiger partial charge in [0.1, 0.15) is 5.75 Å². The highest BCUT2D eigenvalue weighted by Crippen LogP contribution is 2.22. The number of amides is 1. The summed E-state index contributed by atoms with van der Waals surface area (Å²) < 4.78 is 0. The smallest absolute Gasteiger partial charge is 0.227 e. The second-order valence-electron chi connectivity index (χ2n) is 6.64. The highest BCUT2D eigenvalue weighted by molar-refractivity contribution is 5.79. The van der Waals surface area contributed by atoms with Crippen molar-refractivity contribution in [3.8, 4) is 5.75 Å². The molecule has 0 atom stereocenters. The maximum absolute atomic E-state index is 12.4. The zero-order valence-electron chi connectivity index (χ0n) is 13.2. The Morgan fingerprint density at radius 2 is 1.77 bits per heavy atom. The molecule has 0 aromatic heterocycles. The average molecular weight is 302 g/mol. The van der Waals surface area contributed by atoms with E-state index in [2.05, 4.69) is 4.90 Å². The first-order chi connectivity index (χ1) is 10.7. The highest BCUT2D eigenvalue weighted by atomic mass is 16.3. The van der Waals surface area contributed by atoms with Crippen molar-refractivity contribution in [1.82, 2.24) is 9.80 Å². The SMILES string of the molecule is O=C(Cc1ccccc1O)N1CCC(CN2CCCC2)CC1. The van der Waals surface area contributed by atoms with E-state index in [1.807, 2.05) is 17.0 Å². The molecule has 2 aliphatic rings. The summed E-state index contributed by atoms with van der Waals surface area (Å²) in [5.41, 5.74) is 0.728. The van der Waals surface area contributed by atoms with Crippen LogP contribution in [0.2, 0.25) is 0 Å². The van der Waals surface area contributed by atoms with Gasteiger partial charge in [0.25, 0.3) is 0 Å². The minimum absolute atomic E-state index is 0.140. The fourth-order valence-electron chi connectivity index (χ4n) is 3.63. The molecule has 0 aliphatic carbocycles. The van der Waals surface area contributed by atoms with Crippen molar-refractivity contribution in [2.75, 3.05) is 32.7 Å². The van der Waals surface area contributed by atoms with Gasteiger partial charge in [-0.1, -0.05) is 18.2 Å². The molecule has 0 saturated carbocycles. The number of phenols is 1. The first-order valence-corrected chi connectivity index (χ1v) is 8.49. The van der Waals surface area contributed by atoms with Crippen molar-refractivity contribution in [3.05, 3.63) is 29.8 Å². The van der Waals surface area contributed by atoms with Gasteiger partial charge in [0.05, 0.1) is 6.42 Å². The summed E-state index contributed by atoms with van der Waals surface area (Å²) in [6.07, 6.45) is 5.23. The Morgan fingerprint density at radius 3 is 2.45 bits per heavy atom. The number of para-hydroxylation sites is 1. The molecule has 1 amide bonds. The summed E-state index contributed by atoms with van der Waals surface area (Å²) in [4.78, 5) is 16.9. The maximum Gasteiger partial charge on any atom is 0.227 e. The number of carbonyl (C=O) groups excluding carboxylic acids is 1. The molecule has 2 heterocycles. The van der Waals surface area contributed by atoms with Gasteiger partial charge in [0.2, 0.25) is 5.91 Å². The van der Waals surface area contributed by atoms with E-state index < -0.39 is 0 Å². The Bertz CT molecular complexity index is 504. The van der Waals surface area contributed by atoms with Crippen molar-refractivity contribution in [1.29, 1.82) is 0 Å². The Balaban J connectivity index is 1.46. The minimum Gasteiger partial charge on any atom is -0.508 e. The van der Waals surface area contributed by atoms with Gasteiger partial charge in [-0.3, -0.25) is 4.79 Å². The fourth-order valence-corrected chi connectivity index (χ4v) is 3.63. The molecule has 0 radical (unpaired) electrons. The van der Waals surface area contributed by atoms with Crippen molar-refractivity contribution in [2.45, 2.75) is 32.1 Å². The third-order valence-corrected chi connectivity index (χ3v) is 5.02. The summed E-state index contributed by atoms with van der Waals surface area (Å²) in [6.45, 7) is 5.45. The summed E-state index contributed by atoms with van der Waals surface area (Å²) in [5, 5.41) is 9.78. The molecule has 1 aromatic carbocycles. The number of carbonyl (C=O) groups is 1. The summed E-state index contributed by atoms with van der Waals surface area (Å²) in [7, 11) is 0. The number of benzene rings is 1. The van der Waals surface area contributed by atoms with Crippen LogP contribution in [0.4, 0.5) is 0 Å². The van der Waals surface area contributed by atoms with Gasteiger partial charge in [-0.15, -0.1) is 0 Å². The Labute approximate surface area is 132 Å². The van der Waals surface area contributed by atoms with Crippen molar-refractivity contribution >= 4 is 5.91 Å². The molecule has 2 fully saturated rings. The largest absolute Gasteiger partial charge is 0.508 e. The van der Waals surface area contributed by atoms with E-state index in [0.717, 1.165) is 37.4 Å². The van der Waals surface area contributed by atoms with Crippen molar-refractivity contribution < 1.29 is 9.90 Å². The lowest BCUT2D eigenvalue weighted by Gasteiger charge is -2.34. The third-order valence-electron chi connectivity index (χ3n) is 5.02. The van der Waals surface area contributed by atoms with Crippen LogP contribution in [0.1, 0.15) is 31.2 Å². The molecule has 3 rings (SSSR count). The predicted octanol–water partition coefficient (Wildman–Crippen LogP) is 2.27. The molecular weight excluding hydrogens is 276 g/mol. The quantitative estimate of drug-likeness (QED) is 0.928. The number of phenolic OH excluding ortho intramolecular Hbond substituents is 1. The number of piperidine rings is 1. The van der Waals surface area contributed by atoms with E-state index in [1.165, 1.54) is 32.5 Å². The summed E-state index contributed by atoms with van der Waals surface area (Å²) in [6, 6.07) is 7.12. The molecule has 1 aromatic rings. The third kappa shape index (κ3) is 3.80. The molecule has 4 nitrogen and oxygen atoms in total. The Morgan fingerprint density at radius 1 is 1.09 bits per heavy atom. The number of nitrogens with zero attached hydrogens (tertiary/aromatic N) is 2. The molecule has 0 spiro atoms. The van der Waals surface area contributed by atoms with Gasteiger partial charge in [-0.05, 0) is 50.8 Å². The second kappa shape index (κ2) is 7.14. The van der Waals surface area contributed by atoms with Crippen LogP contribution >= 0.6 is 0 Å². The van der Waals surface area contributed by atoms with Gasteiger partial charge in [-0.2, -0.15) is 0 Å². The number of rotatable bonds is 4. The number of aromatic hydroxyl groups is 1. The van der Waals surface area contributed by atoms with Crippen molar-refractivity contribution in [3.63, 3.8) is 0 Å². The van der Waals surface area contributed by atoms with Crippen LogP contribution in [0.5, 0.6) is 5.75 Å². The van der Waals surface area contributed by atoms with Crippen LogP contribution in [0, 0.1) is 5.92 Å². The average Bonchev–Trinajstić information content (AvgIpc) is 3.03. The van der Waals surface area contributed by atoms with Gasteiger partial charge in [0.15, 0.2) is 0 Å². The lowest BCUT2D eigenvalue weighted by atomic mass is 9.95. The van der Waals surface area contributed by atoms with Crippen LogP contribution in [0.15, 0.2) is 24.3 Å². The van der Waals surface area contributed by atoms with Crippen molar-refractivity contribution in [2.24, 2.45) is 5.92 Å². The molecular formula is C18H26N2O2. The lowest BCUT2D eigenvalue weighted by molar-refractivity contribution is -0.131. The lowest BCUT2D eigenvalue weighted by Crippen LogP contribution is -2.41. The van der Waals surface area contributed by atoms with E-state index in [4.69, 9.17) is 0 Å². The first kappa shape index (κ1) is 15.3. The molecule has 2 saturated heterocycles. The highest BCUT2D eigenvalue weighted by Gasteiger charge is 2.25. The monoisotopic (exact) mass is 302 g/mol. The zero-order chi connectivity index (χ0) is 15.4. The van der Waals surface area contributed by atoms with Crippen LogP contribution in [0.3, 0.4) is 0 Å². The normalized spacial score (nSPS) is 20.5. The minimum atomic E-state index is 0.140. The van der Waals surface area contributed by atoms with E-state index in [-0.39, 0.29) is 11.7 Å². The zero-order valence-corrected chi connectivity index (χ0v) is 13.2. The van der Waals surface area contributed by atoms with Gasteiger partial charge in [-0.25, -0.2) is 0 Å². The first-order valence-electron chi connectivity index (χ1n) is 8.49. The fraction of sp³-hybridized carbons (Fsp3) is 0.611. The van der Waals surface area contributed by atoms with Gasteiger partial charge in [0, 0.05) is 25.2 Å². The van der Waals surface area contributed by atoms with E-state index in [0.29, 0.717) is 6.42 Å². The van der Waals surface area contributed by atoms with Crippen LogP contribution < -0.4 is 0 Å². The maximum atomic E-state index is 12.4. The standard InChI is InChI=1S/C18H26N2O2/c21-17-6-2-1-5-16(17)13-18(22)20-11-7-15(8-12-20)14-19-9-3-4-10-19/h1-2,5-6,15,21H,3-4,7-14H2. The molecule has 0 bridgehead atoms. The van der Waals surface area contributed by atoms with E-state index >= 15 is 0 Å². The predicted molar refractivity (Wildman–Crippen MR) is 86.8 cm³/mol. The van der Waals surface area contributed by atoms with E-state index in [1.54, 1.807) is 12.1 Å². The second-order valence-corrected chi connectivity index (χ2v) is 6.64. The van der Waals surface area contributed by atoms with Crippen LogP contribution in [-0.2, 0) is 11.2 Å².